The molecule has 1 aromatic carbocycles. The summed E-state index contributed by atoms with van der Waals surface area (Å²) in [5.41, 5.74) is 9.34. The summed E-state index contributed by atoms with van der Waals surface area (Å²) in [5.74, 6) is -1.55. The number of aromatic nitrogens is 2. The van der Waals surface area contributed by atoms with Crippen molar-refractivity contribution < 1.29 is 36.2 Å². The molecular weight excluding hydrogens is 487 g/mol. The van der Waals surface area contributed by atoms with Crippen LogP contribution in [0.15, 0.2) is 65.8 Å². The molecule has 0 spiro atoms. The van der Waals surface area contributed by atoms with E-state index in [9.17, 15) is 31.5 Å². The van der Waals surface area contributed by atoms with E-state index in [0.717, 1.165) is 28.2 Å². The van der Waals surface area contributed by atoms with Gasteiger partial charge >= 0.3 is 12.3 Å². The largest absolute Gasteiger partial charge is 0.573 e. The topological polar surface area (TPSA) is 116 Å². The van der Waals surface area contributed by atoms with E-state index >= 15 is 0 Å². The third kappa shape index (κ3) is 4.83. The number of nitrogens with zero attached hydrogens (tertiary/aromatic N) is 2. The molecule has 12 heteroatoms. The molecule has 184 valence electrons. The van der Waals surface area contributed by atoms with Crippen LogP contribution in [0, 0.1) is 6.92 Å². The minimum atomic E-state index is -4.89. The molecule has 8 nitrogen and oxygen atoms in total. The number of rotatable bonds is 7. The summed E-state index contributed by atoms with van der Waals surface area (Å²) in [7, 11) is -4.14. The molecule has 0 aliphatic heterocycles. The number of carboxylic acids is 1. The van der Waals surface area contributed by atoms with E-state index in [4.69, 9.17) is 5.73 Å². The van der Waals surface area contributed by atoms with Crippen molar-refractivity contribution in [2.75, 3.05) is 5.73 Å². The van der Waals surface area contributed by atoms with E-state index in [1.54, 1.807) is 35.7 Å². The number of hydrogen-bond acceptors (Lipinski definition) is 5. The molecule has 0 aliphatic rings. The van der Waals surface area contributed by atoms with E-state index < -0.39 is 28.1 Å². The lowest BCUT2D eigenvalue weighted by molar-refractivity contribution is -0.274. The molecule has 4 aromatic rings. The molecule has 3 aromatic heterocycles. The monoisotopic (exact) mass is 507 g/mol. The number of pyridine rings is 1. The Hall–Kier alpha value is -3.93. The minimum Gasteiger partial charge on any atom is -0.481 e. The number of ether oxygens (including phenoxy) is 1. The van der Waals surface area contributed by atoms with Gasteiger partial charge in [-0.3, -0.25) is 4.79 Å². The van der Waals surface area contributed by atoms with E-state index in [2.05, 4.69) is 4.74 Å². The molecule has 0 radical (unpaired) electrons. The zero-order valence-electron chi connectivity index (χ0n) is 18.3. The van der Waals surface area contributed by atoms with Gasteiger partial charge in [0, 0.05) is 41.4 Å². The first kappa shape index (κ1) is 24.2. The van der Waals surface area contributed by atoms with Crippen LogP contribution in [0.5, 0.6) is 5.75 Å². The lowest BCUT2D eigenvalue weighted by atomic mass is 10.1. The lowest BCUT2D eigenvalue weighted by Crippen LogP contribution is -2.18. The predicted octanol–water partition coefficient (Wildman–Crippen LogP) is 3.98. The minimum absolute atomic E-state index is 0.123. The van der Waals surface area contributed by atoms with Crippen molar-refractivity contribution in [3.63, 3.8) is 0 Å². The molecule has 4 rings (SSSR count). The Morgan fingerprint density at radius 2 is 1.80 bits per heavy atom. The summed E-state index contributed by atoms with van der Waals surface area (Å²) in [6.07, 6.45) is -2.01. The van der Waals surface area contributed by atoms with Crippen molar-refractivity contribution in [2.24, 2.45) is 0 Å². The SMILES string of the molecule is Cc1c(CC(=O)O)c2ccc(N)cn2c1Cc1cccn1S(=O)(=O)c1ccc(OC(F)(F)F)cc1. The van der Waals surface area contributed by atoms with Crippen LogP contribution in [0.2, 0.25) is 0 Å². The number of benzene rings is 1. The number of nitrogens with two attached hydrogens (primary N) is 1. The van der Waals surface area contributed by atoms with Gasteiger partial charge in [0.2, 0.25) is 0 Å². The average Bonchev–Trinajstić information content (AvgIpc) is 3.32. The van der Waals surface area contributed by atoms with Crippen molar-refractivity contribution in [1.82, 2.24) is 8.37 Å². The maximum Gasteiger partial charge on any atom is 0.573 e. The number of fused-ring (bicyclic) bond motifs is 1. The molecule has 0 amide bonds. The standard InChI is InChI=1S/C23H20F3N3O5S/c1-14-19(12-22(30)31)20-9-4-15(27)13-28(20)21(14)11-16-3-2-10-29(16)35(32,33)18-7-5-17(6-8-18)34-23(24,25)26/h2-10,13H,11-12,27H2,1H3,(H,30,31). The Morgan fingerprint density at radius 1 is 1.11 bits per heavy atom. The van der Waals surface area contributed by atoms with Crippen LogP contribution in [-0.4, -0.2) is 34.2 Å². The maximum absolute atomic E-state index is 13.3. The van der Waals surface area contributed by atoms with Gasteiger partial charge in [0.05, 0.1) is 11.3 Å². The Bertz CT molecular complexity index is 1520. The van der Waals surface area contributed by atoms with E-state index in [1.807, 2.05) is 0 Å². The number of aliphatic carboxylic acids is 1. The van der Waals surface area contributed by atoms with Gasteiger partial charge in [0.25, 0.3) is 10.0 Å². The van der Waals surface area contributed by atoms with Crippen LogP contribution in [0.1, 0.15) is 22.5 Å². The fourth-order valence-corrected chi connectivity index (χ4v) is 5.37. The highest BCUT2D eigenvalue weighted by Crippen LogP contribution is 2.29. The van der Waals surface area contributed by atoms with Crippen molar-refractivity contribution in [3.8, 4) is 5.75 Å². The van der Waals surface area contributed by atoms with Crippen molar-refractivity contribution in [1.29, 1.82) is 0 Å². The molecular formula is C23H20F3N3O5S. The van der Waals surface area contributed by atoms with Crippen LogP contribution >= 0.6 is 0 Å². The van der Waals surface area contributed by atoms with Gasteiger partial charge in [0.1, 0.15) is 5.75 Å². The summed E-state index contributed by atoms with van der Waals surface area (Å²) in [6.45, 7) is 1.76. The number of anilines is 1. The van der Waals surface area contributed by atoms with Crippen molar-refractivity contribution >= 4 is 27.2 Å². The molecule has 0 unspecified atom stereocenters. The quantitative estimate of drug-likeness (QED) is 0.391. The van der Waals surface area contributed by atoms with E-state index in [1.165, 1.54) is 12.3 Å². The molecule has 0 saturated heterocycles. The fraction of sp³-hybridized carbons (Fsp3) is 0.174. The third-order valence-electron chi connectivity index (χ3n) is 5.54. The van der Waals surface area contributed by atoms with Crippen LogP contribution < -0.4 is 10.5 Å². The Morgan fingerprint density at radius 3 is 2.43 bits per heavy atom. The van der Waals surface area contributed by atoms with Gasteiger partial charge in [-0.1, -0.05) is 0 Å². The molecule has 0 atom stereocenters. The summed E-state index contributed by atoms with van der Waals surface area (Å²) in [5, 5.41) is 9.34. The van der Waals surface area contributed by atoms with Gasteiger partial charge in [-0.2, -0.15) is 0 Å². The van der Waals surface area contributed by atoms with Gasteiger partial charge in [-0.05, 0) is 66.6 Å². The van der Waals surface area contributed by atoms with Crippen molar-refractivity contribution in [2.45, 2.75) is 31.0 Å². The molecule has 0 bridgehead atoms. The van der Waals surface area contributed by atoms with Gasteiger partial charge in [-0.25, -0.2) is 12.4 Å². The summed E-state index contributed by atoms with van der Waals surface area (Å²) >= 11 is 0. The molecule has 0 fully saturated rings. The zero-order chi connectivity index (χ0) is 25.5. The van der Waals surface area contributed by atoms with E-state index in [0.29, 0.717) is 33.7 Å². The first-order valence-electron chi connectivity index (χ1n) is 10.2. The third-order valence-corrected chi connectivity index (χ3v) is 7.28. The van der Waals surface area contributed by atoms with Gasteiger partial charge in [-0.15, -0.1) is 13.2 Å². The summed E-state index contributed by atoms with van der Waals surface area (Å²) in [4.78, 5) is 11.2. The fourth-order valence-electron chi connectivity index (χ4n) is 4.00. The summed E-state index contributed by atoms with van der Waals surface area (Å²) in [6, 6.07) is 10.4. The average molecular weight is 507 g/mol. The second-order valence-electron chi connectivity index (χ2n) is 7.83. The predicted molar refractivity (Wildman–Crippen MR) is 121 cm³/mol. The van der Waals surface area contributed by atoms with Crippen LogP contribution in [0.3, 0.4) is 0 Å². The Balaban J connectivity index is 1.73. The highest BCUT2D eigenvalue weighted by Gasteiger charge is 2.31. The first-order chi connectivity index (χ1) is 16.4. The normalized spacial score (nSPS) is 12.2. The van der Waals surface area contributed by atoms with Gasteiger partial charge < -0.3 is 20.0 Å². The van der Waals surface area contributed by atoms with Crippen LogP contribution in [0.25, 0.3) is 5.52 Å². The number of alkyl halides is 3. The Kier molecular flexibility index (Phi) is 6.01. The summed E-state index contributed by atoms with van der Waals surface area (Å²) < 4.78 is 70.3. The number of halogens is 3. The number of nitrogen functional groups attached to an aromatic ring is 1. The molecule has 0 aliphatic carbocycles. The molecule has 0 saturated carbocycles. The first-order valence-corrected chi connectivity index (χ1v) is 11.7. The number of carboxylic acid groups (broad SMARTS) is 1. The highest BCUT2D eigenvalue weighted by atomic mass is 32.2. The van der Waals surface area contributed by atoms with Crippen molar-refractivity contribution in [3.05, 3.63) is 83.4 Å². The van der Waals surface area contributed by atoms with Crippen LogP contribution in [0.4, 0.5) is 18.9 Å². The molecule has 3 heterocycles. The van der Waals surface area contributed by atoms with Crippen LogP contribution in [-0.2, 0) is 27.7 Å². The lowest BCUT2D eigenvalue weighted by Gasteiger charge is -2.13. The molecule has 3 N–H and O–H groups in total. The number of hydrogen-bond donors (Lipinski definition) is 2. The second-order valence-corrected chi connectivity index (χ2v) is 9.65. The van der Waals surface area contributed by atoms with Gasteiger partial charge in [0.15, 0.2) is 0 Å². The highest BCUT2D eigenvalue weighted by molar-refractivity contribution is 7.90. The smallest absolute Gasteiger partial charge is 0.481 e. The molecule has 35 heavy (non-hydrogen) atoms. The second kappa shape index (κ2) is 8.69. The van der Waals surface area contributed by atoms with E-state index in [-0.39, 0.29) is 17.7 Å². The number of carbonyl (C=O) groups is 1. The zero-order valence-corrected chi connectivity index (χ0v) is 19.1. The Labute approximate surface area is 198 Å². The maximum atomic E-state index is 13.3.